The molecular formula is C20H22FN3O4S. The molecule has 0 aliphatic carbocycles. The minimum absolute atomic E-state index is 0.0105. The molecular weight excluding hydrogens is 397 g/mol. The molecule has 0 radical (unpaired) electrons. The third kappa shape index (κ3) is 5.18. The molecule has 1 aliphatic heterocycles. The van der Waals surface area contributed by atoms with Crippen LogP contribution >= 0.6 is 0 Å². The summed E-state index contributed by atoms with van der Waals surface area (Å²) in [6, 6.07) is 9.94. The van der Waals surface area contributed by atoms with Crippen LogP contribution in [0.3, 0.4) is 0 Å². The lowest BCUT2D eigenvalue weighted by Gasteiger charge is -2.15. The second kappa shape index (κ2) is 8.71. The van der Waals surface area contributed by atoms with E-state index in [2.05, 4.69) is 10.0 Å². The van der Waals surface area contributed by atoms with Gasteiger partial charge in [-0.25, -0.2) is 17.5 Å². The van der Waals surface area contributed by atoms with Crippen molar-refractivity contribution in [3.63, 3.8) is 0 Å². The third-order valence-electron chi connectivity index (χ3n) is 4.64. The first-order chi connectivity index (χ1) is 13.8. The van der Waals surface area contributed by atoms with E-state index < -0.39 is 15.8 Å². The summed E-state index contributed by atoms with van der Waals surface area (Å²) in [6.07, 6.45) is 1.20. The molecule has 0 unspecified atom stereocenters. The molecule has 0 saturated heterocycles. The summed E-state index contributed by atoms with van der Waals surface area (Å²) in [7, 11) is -3.73. The number of hydrogen-bond donors (Lipinski definition) is 2. The van der Waals surface area contributed by atoms with Crippen molar-refractivity contribution < 1.29 is 22.4 Å². The molecule has 0 spiro atoms. The lowest BCUT2D eigenvalue weighted by molar-refractivity contribution is -0.117. The molecule has 9 heteroatoms. The van der Waals surface area contributed by atoms with Crippen LogP contribution < -0.4 is 14.9 Å². The van der Waals surface area contributed by atoms with E-state index in [0.717, 1.165) is 29.8 Å². The van der Waals surface area contributed by atoms with E-state index in [1.54, 1.807) is 11.0 Å². The fourth-order valence-electron chi connectivity index (χ4n) is 3.18. The number of fused-ring (bicyclic) bond motifs is 1. The van der Waals surface area contributed by atoms with Crippen molar-refractivity contribution in [2.75, 3.05) is 23.3 Å². The molecule has 2 amide bonds. The first kappa shape index (κ1) is 20.9. The van der Waals surface area contributed by atoms with E-state index in [0.29, 0.717) is 18.7 Å². The highest BCUT2D eigenvalue weighted by Gasteiger charge is 2.22. The van der Waals surface area contributed by atoms with Gasteiger partial charge in [0.05, 0.1) is 4.90 Å². The lowest BCUT2D eigenvalue weighted by atomic mass is 10.1. The largest absolute Gasteiger partial charge is 0.326 e. The van der Waals surface area contributed by atoms with Crippen LogP contribution in [0.5, 0.6) is 0 Å². The van der Waals surface area contributed by atoms with Gasteiger partial charge in [0.25, 0.3) is 0 Å². The van der Waals surface area contributed by atoms with Gasteiger partial charge in [-0.3, -0.25) is 9.59 Å². The van der Waals surface area contributed by atoms with Gasteiger partial charge in [-0.15, -0.1) is 0 Å². The summed E-state index contributed by atoms with van der Waals surface area (Å²) in [5.74, 6) is -0.753. The second-order valence-corrected chi connectivity index (χ2v) is 8.53. The summed E-state index contributed by atoms with van der Waals surface area (Å²) >= 11 is 0. The minimum Gasteiger partial charge on any atom is -0.326 e. The van der Waals surface area contributed by atoms with Crippen molar-refractivity contribution in [1.82, 2.24) is 4.72 Å². The Kier molecular flexibility index (Phi) is 6.29. The number of benzene rings is 2. The van der Waals surface area contributed by atoms with Gasteiger partial charge >= 0.3 is 0 Å². The Labute approximate surface area is 169 Å². The summed E-state index contributed by atoms with van der Waals surface area (Å²) in [5.41, 5.74) is 2.52. The van der Waals surface area contributed by atoms with Crippen LogP contribution in [0, 0.1) is 5.82 Å². The average molecular weight is 419 g/mol. The van der Waals surface area contributed by atoms with Gasteiger partial charge in [0.2, 0.25) is 21.8 Å². The van der Waals surface area contributed by atoms with Gasteiger partial charge in [-0.2, -0.15) is 0 Å². The van der Waals surface area contributed by atoms with E-state index in [1.807, 2.05) is 12.1 Å². The van der Waals surface area contributed by atoms with Crippen LogP contribution in [0.25, 0.3) is 0 Å². The predicted molar refractivity (Wildman–Crippen MR) is 108 cm³/mol. The third-order valence-corrected chi connectivity index (χ3v) is 6.11. The smallest absolute Gasteiger partial charge is 0.240 e. The van der Waals surface area contributed by atoms with Crippen LogP contribution in [0.2, 0.25) is 0 Å². The molecule has 0 aromatic heterocycles. The zero-order valence-electron chi connectivity index (χ0n) is 15.9. The molecule has 2 N–H and O–H groups in total. The molecule has 154 valence electrons. The molecule has 1 aliphatic rings. The molecule has 7 nitrogen and oxygen atoms in total. The van der Waals surface area contributed by atoms with Crippen molar-refractivity contribution in [3.05, 3.63) is 53.8 Å². The molecule has 0 atom stereocenters. The van der Waals surface area contributed by atoms with Gasteiger partial charge in [0.15, 0.2) is 0 Å². The summed E-state index contributed by atoms with van der Waals surface area (Å²) < 4.78 is 39.5. The van der Waals surface area contributed by atoms with Crippen LogP contribution in [-0.4, -0.2) is 33.3 Å². The van der Waals surface area contributed by atoms with Gasteiger partial charge in [0, 0.05) is 37.8 Å². The molecule has 29 heavy (non-hydrogen) atoms. The maximum Gasteiger partial charge on any atom is 0.240 e. The molecule has 0 saturated carbocycles. The number of nitrogens with zero attached hydrogens (tertiary/aromatic N) is 1. The number of rotatable bonds is 7. The zero-order chi connectivity index (χ0) is 21.0. The van der Waals surface area contributed by atoms with Crippen LogP contribution in [-0.2, 0) is 26.0 Å². The predicted octanol–water partition coefficient (Wildman–Crippen LogP) is 2.43. The van der Waals surface area contributed by atoms with Gasteiger partial charge < -0.3 is 10.2 Å². The number of carbonyl (C=O) groups is 2. The Morgan fingerprint density at radius 3 is 2.55 bits per heavy atom. The van der Waals surface area contributed by atoms with E-state index in [1.165, 1.54) is 19.1 Å². The molecule has 0 bridgehead atoms. The molecule has 2 aromatic rings. The Balaban J connectivity index is 1.47. The summed E-state index contributed by atoms with van der Waals surface area (Å²) in [5, 5.41) is 2.79. The highest BCUT2D eigenvalue weighted by molar-refractivity contribution is 7.89. The summed E-state index contributed by atoms with van der Waals surface area (Å²) in [6.45, 7) is 2.25. The number of amides is 2. The van der Waals surface area contributed by atoms with Crippen LogP contribution in [0.4, 0.5) is 15.8 Å². The molecule has 1 heterocycles. The first-order valence-corrected chi connectivity index (χ1v) is 10.7. The standard InChI is InChI=1S/C20H22FN3O4S/c1-14(25)24-12-10-15-13-17(6-9-19(15)24)23-20(26)3-2-11-22-29(27,28)18-7-4-16(21)5-8-18/h4-9,13,22H,2-3,10-12H2,1H3,(H,23,26). The molecule has 2 aromatic carbocycles. The molecule has 0 fully saturated rings. The number of hydrogen-bond acceptors (Lipinski definition) is 4. The highest BCUT2D eigenvalue weighted by Crippen LogP contribution is 2.30. The monoisotopic (exact) mass is 419 g/mol. The normalized spacial score (nSPS) is 13.2. The average Bonchev–Trinajstić information content (AvgIpc) is 3.09. The summed E-state index contributed by atoms with van der Waals surface area (Å²) in [4.78, 5) is 25.4. The Hall–Kier alpha value is -2.78. The number of halogens is 1. The molecule has 3 rings (SSSR count). The van der Waals surface area contributed by atoms with Gasteiger partial charge in [-0.05, 0) is 60.9 Å². The van der Waals surface area contributed by atoms with Gasteiger partial charge in [-0.1, -0.05) is 0 Å². The van der Waals surface area contributed by atoms with E-state index in [9.17, 15) is 22.4 Å². The highest BCUT2D eigenvalue weighted by atomic mass is 32.2. The van der Waals surface area contributed by atoms with Crippen molar-refractivity contribution in [2.45, 2.75) is 31.1 Å². The maximum atomic E-state index is 12.9. The lowest BCUT2D eigenvalue weighted by Crippen LogP contribution is -2.26. The first-order valence-electron chi connectivity index (χ1n) is 9.22. The maximum absolute atomic E-state index is 12.9. The number of anilines is 2. The van der Waals surface area contributed by atoms with Crippen molar-refractivity contribution in [2.24, 2.45) is 0 Å². The fraction of sp³-hybridized carbons (Fsp3) is 0.300. The Bertz CT molecular complexity index is 1020. The number of carbonyl (C=O) groups excluding carboxylic acids is 2. The van der Waals surface area contributed by atoms with Crippen molar-refractivity contribution >= 4 is 33.2 Å². The van der Waals surface area contributed by atoms with E-state index in [4.69, 9.17) is 0 Å². The quantitative estimate of drug-likeness (QED) is 0.674. The Morgan fingerprint density at radius 2 is 1.86 bits per heavy atom. The number of sulfonamides is 1. The van der Waals surface area contributed by atoms with Crippen molar-refractivity contribution in [3.8, 4) is 0 Å². The van der Waals surface area contributed by atoms with Crippen LogP contribution in [0.1, 0.15) is 25.3 Å². The SMILES string of the molecule is CC(=O)N1CCc2cc(NC(=O)CCCNS(=O)(=O)c3ccc(F)cc3)ccc21. The second-order valence-electron chi connectivity index (χ2n) is 6.77. The topological polar surface area (TPSA) is 95.6 Å². The van der Waals surface area contributed by atoms with Crippen molar-refractivity contribution in [1.29, 1.82) is 0 Å². The van der Waals surface area contributed by atoms with E-state index in [-0.39, 0.29) is 29.7 Å². The minimum atomic E-state index is -3.73. The Morgan fingerprint density at radius 1 is 1.14 bits per heavy atom. The zero-order valence-corrected chi connectivity index (χ0v) is 16.8. The van der Waals surface area contributed by atoms with Crippen LogP contribution in [0.15, 0.2) is 47.4 Å². The fourth-order valence-corrected chi connectivity index (χ4v) is 4.26. The van der Waals surface area contributed by atoms with E-state index >= 15 is 0 Å². The number of nitrogens with one attached hydrogen (secondary N) is 2. The van der Waals surface area contributed by atoms with Gasteiger partial charge in [0.1, 0.15) is 5.82 Å².